The van der Waals surface area contributed by atoms with Gasteiger partial charge in [0.1, 0.15) is 13.0 Å². The zero-order chi connectivity index (χ0) is 13.2. The van der Waals surface area contributed by atoms with Crippen molar-refractivity contribution in [2.24, 2.45) is 5.41 Å². The van der Waals surface area contributed by atoms with Crippen LogP contribution in [0.2, 0.25) is 0 Å². The van der Waals surface area contributed by atoms with Crippen molar-refractivity contribution < 1.29 is 23.9 Å². The van der Waals surface area contributed by atoms with Gasteiger partial charge in [-0.25, -0.2) is 9.69 Å². The molecule has 1 saturated heterocycles. The maximum Gasteiger partial charge on any atom is 0.417 e. The molecule has 0 bridgehead atoms. The van der Waals surface area contributed by atoms with Crippen LogP contribution in [0.25, 0.3) is 0 Å². The Labute approximate surface area is 99.9 Å². The van der Waals surface area contributed by atoms with Crippen LogP contribution in [0.5, 0.6) is 0 Å². The van der Waals surface area contributed by atoms with Crippen LogP contribution in [0.15, 0.2) is 0 Å². The first-order chi connectivity index (χ1) is 7.77. The monoisotopic (exact) mass is 243 g/mol. The average Bonchev–Trinajstić information content (AvgIpc) is 2.59. The molecule has 0 aromatic heterocycles. The number of amides is 2. The molecule has 17 heavy (non-hydrogen) atoms. The molecule has 0 aromatic rings. The van der Waals surface area contributed by atoms with Gasteiger partial charge >= 0.3 is 12.1 Å². The minimum atomic E-state index is -0.696. The van der Waals surface area contributed by atoms with E-state index in [9.17, 15) is 14.4 Å². The Morgan fingerprint density at radius 3 is 2.53 bits per heavy atom. The molecule has 1 rings (SSSR count). The van der Waals surface area contributed by atoms with E-state index in [1.165, 1.54) is 7.11 Å². The summed E-state index contributed by atoms with van der Waals surface area (Å²) in [7, 11) is 1.19. The van der Waals surface area contributed by atoms with Gasteiger partial charge in [-0.05, 0) is 5.41 Å². The molecule has 0 spiro atoms. The van der Waals surface area contributed by atoms with Gasteiger partial charge in [-0.15, -0.1) is 0 Å². The smallest absolute Gasteiger partial charge is 0.417 e. The molecule has 1 fully saturated rings. The molecule has 6 nitrogen and oxygen atoms in total. The number of ether oxygens (including phenoxy) is 2. The summed E-state index contributed by atoms with van der Waals surface area (Å²) in [6, 6.07) is -0.354. The molecule has 2 amide bonds. The van der Waals surface area contributed by atoms with Gasteiger partial charge in [0.05, 0.1) is 13.2 Å². The molecular weight excluding hydrogens is 226 g/mol. The van der Waals surface area contributed by atoms with Crippen molar-refractivity contribution in [3.63, 3.8) is 0 Å². The summed E-state index contributed by atoms with van der Waals surface area (Å²) in [6.07, 6.45) is -1.14. The van der Waals surface area contributed by atoms with Gasteiger partial charge in [-0.1, -0.05) is 20.8 Å². The molecule has 6 heteroatoms. The highest BCUT2D eigenvalue weighted by Gasteiger charge is 2.44. The van der Waals surface area contributed by atoms with Gasteiger partial charge < -0.3 is 9.47 Å². The zero-order valence-electron chi connectivity index (χ0n) is 10.5. The van der Waals surface area contributed by atoms with Crippen LogP contribution >= 0.6 is 0 Å². The number of carbonyl (C=O) groups is 3. The fraction of sp³-hybridized carbons (Fsp3) is 0.727. The van der Waals surface area contributed by atoms with E-state index >= 15 is 0 Å². The van der Waals surface area contributed by atoms with E-state index in [1.807, 2.05) is 20.8 Å². The van der Waals surface area contributed by atoms with E-state index in [0.29, 0.717) is 0 Å². The lowest BCUT2D eigenvalue weighted by Crippen LogP contribution is -2.46. The minimum Gasteiger partial charge on any atom is -0.469 e. The third kappa shape index (κ3) is 2.95. The van der Waals surface area contributed by atoms with Gasteiger partial charge in [0, 0.05) is 0 Å². The average molecular weight is 243 g/mol. The zero-order valence-corrected chi connectivity index (χ0v) is 10.5. The van der Waals surface area contributed by atoms with E-state index < -0.39 is 24.4 Å². The molecule has 0 aliphatic carbocycles. The van der Waals surface area contributed by atoms with Crippen LogP contribution in [-0.2, 0) is 19.1 Å². The summed E-state index contributed by atoms with van der Waals surface area (Å²) < 4.78 is 9.25. The van der Waals surface area contributed by atoms with Crippen LogP contribution in [0.1, 0.15) is 27.2 Å². The molecule has 1 aliphatic heterocycles. The SMILES string of the molecule is COC(=O)CC(=O)N1C(=O)OC[C@@H]1C(C)(C)C. The van der Waals surface area contributed by atoms with Crippen molar-refractivity contribution >= 4 is 18.0 Å². The van der Waals surface area contributed by atoms with Gasteiger partial charge in [0.2, 0.25) is 5.91 Å². The Hall–Kier alpha value is -1.59. The standard InChI is InChI=1S/C11H17NO5/c1-11(2,3)7-6-17-10(15)12(7)8(13)5-9(14)16-4/h7H,5-6H2,1-4H3/t7-/m1/s1. The van der Waals surface area contributed by atoms with Gasteiger partial charge in [0.15, 0.2) is 0 Å². The van der Waals surface area contributed by atoms with Crippen LogP contribution < -0.4 is 0 Å². The topological polar surface area (TPSA) is 72.9 Å². The lowest BCUT2D eigenvalue weighted by atomic mass is 9.86. The number of methoxy groups -OCH3 is 1. The molecule has 96 valence electrons. The first-order valence-corrected chi connectivity index (χ1v) is 5.33. The quantitative estimate of drug-likeness (QED) is 0.533. The Morgan fingerprint density at radius 1 is 1.47 bits per heavy atom. The van der Waals surface area contributed by atoms with Crippen LogP contribution in [0, 0.1) is 5.41 Å². The largest absolute Gasteiger partial charge is 0.469 e. The summed E-state index contributed by atoms with van der Waals surface area (Å²) in [4.78, 5) is 35.3. The van der Waals surface area contributed by atoms with E-state index in [2.05, 4.69) is 4.74 Å². The predicted octanol–water partition coefficient (Wildman–Crippen LogP) is 0.943. The Kier molecular flexibility index (Phi) is 3.75. The number of esters is 1. The Bertz CT molecular complexity index is 344. The molecular formula is C11H17NO5. The summed E-state index contributed by atoms with van der Waals surface area (Å²) in [5.74, 6) is -1.25. The van der Waals surface area contributed by atoms with Crippen molar-refractivity contribution in [2.45, 2.75) is 33.2 Å². The van der Waals surface area contributed by atoms with Crippen molar-refractivity contribution in [2.75, 3.05) is 13.7 Å². The summed E-state index contributed by atoms with van der Waals surface area (Å²) in [5.41, 5.74) is -0.294. The fourth-order valence-electron chi connectivity index (χ4n) is 1.62. The third-order valence-electron chi connectivity index (χ3n) is 2.66. The lowest BCUT2D eigenvalue weighted by molar-refractivity contribution is -0.146. The second-order valence-corrected chi connectivity index (χ2v) is 4.98. The summed E-state index contributed by atoms with van der Waals surface area (Å²) in [6.45, 7) is 5.86. The van der Waals surface area contributed by atoms with E-state index in [4.69, 9.17) is 4.74 Å². The molecule has 0 saturated carbocycles. The van der Waals surface area contributed by atoms with Crippen LogP contribution in [0.4, 0.5) is 4.79 Å². The van der Waals surface area contributed by atoms with Crippen molar-refractivity contribution in [3.8, 4) is 0 Å². The summed E-state index contributed by atoms with van der Waals surface area (Å²) >= 11 is 0. The van der Waals surface area contributed by atoms with Gasteiger partial charge in [-0.2, -0.15) is 0 Å². The molecule has 1 aliphatic rings. The van der Waals surface area contributed by atoms with Crippen molar-refractivity contribution in [1.29, 1.82) is 0 Å². The molecule has 1 atom stereocenters. The molecule has 0 aromatic carbocycles. The predicted molar refractivity (Wildman–Crippen MR) is 58.1 cm³/mol. The number of imide groups is 1. The second kappa shape index (κ2) is 4.73. The molecule has 0 radical (unpaired) electrons. The number of nitrogens with zero attached hydrogens (tertiary/aromatic N) is 1. The van der Waals surface area contributed by atoms with Crippen molar-refractivity contribution in [1.82, 2.24) is 4.90 Å². The summed E-state index contributed by atoms with van der Waals surface area (Å²) in [5, 5.41) is 0. The van der Waals surface area contributed by atoms with Gasteiger partial charge in [0.25, 0.3) is 0 Å². The Balaban J connectivity index is 2.82. The fourth-order valence-corrected chi connectivity index (χ4v) is 1.62. The second-order valence-electron chi connectivity index (χ2n) is 4.98. The van der Waals surface area contributed by atoms with Crippen LogP contribution in [-0.4, -0.2) is 42.6 Å². The molecule has 0 N–H and O–H groups in total. The van der Waals surface area contributed by atoms with E-state index in [1.54, 1.807) is 0 Å². The highest BCUT2D eigenvalue weighted by atomic mass is 16.6. The third-order valence-corrected chi connectivity index (χ3v) is 2.66. The maximum atomic E-state index is 11.8. The highest BCUT2D eigenvalue weighted by molar-refractivity contribution is 6.01. The lowest BCUT2D eigenvalue weighted by Gasteiger charge is -2.30. The number of hydrogen-bond acceptors (Lipinski definition) is 5. The normalized spacial score (nSPS) is 20.1. The van der Waals surface area contributed by atoms with Gasteiger partial charge in [-0.3, -0.25) is 9.59 Å². The van der Waals surface area contributed by atoms with Crippen molar-refractivity contribution in [3.05, 3.63) is 0 Å². The molecule has 1 heterocycles. The minimum absolute atomic E-state index is 0.162. The highest BCUT2D eigenvalue weighted by Crippen LogP contribution is 2.29. The number of rotatable bonds is 2. The number of hydrogen-bond donors (Lipinski definition) is 0. The first-order valence-electron chi connectivity index (χ1n) is 5.33. The first kappa shape index (κ1) is 13.5. The number of carbonyl (C=O) groups excluding carboxylic acids is 3. The van der Waals surface area contributed by atoms with E-state index in [0.717, 1.165) is 4.90 Å². The maximum absolute atomic E-state index is 11.8. The van der Waals surface area contributed by atoms with Crippen LogP contribution in [0.3, 0.4) is 0 Å². The Morgan fingerprint density at radius 2 is 2.06 bits per heavy atom. The molecule has 0 unspecified atom stereocenters. The van der Waals surface area contributed by atoms with E-state index in [-0.39, 0.29) is 18.1 Å². The number of cyclic esters (lactones) is 1.